The minimum atomic E-state index is 0.245. The SMILES string of the molecule is CCc1ccsc1Cn1cc(C)nc1NC(C)COC. The van der Waals surface area contributed by atoms with E-state index in [0.717, 1.165) is 24.6 Å². The van der Waals surface area contributed by atoms with Crippen LogP contribution < -0.4 is 5.32 Å². The van der Waals surface area contributed by atoms with Gasteiger partial charge in [-0.1, -0.05) is 6.92 Å². The van der Waals surface area contributed by atoms with Crippen molar-refractivity contribution in [1.29, 1.82) is 0 Å². The number of rotatable bonds is 7. The van der Waals surface area contributed by atoms with E-state index in [-0.39, 0.29) is 6.04 Å². The zero-order valence-corrected chi connectivity index (χ0v) is 13.5. The van der Waals surface area contributed by atoms with Crippen LogP contribution in [0.25, 0.3) is 0 Å². The van der Waals surface area contributed by atoms with Crippen molar-refractivity contribution in [2.24, 2.45) is 0 Å². The number of hydrogen-bond acceptors (Lipinski definition) is 4. The maximum atomic E-state index is 5.17. The number of methoxy groups -OCH3 is 1. The molecule has 110 valence electrons. The van der Waals surface area contributed by atoms with Gasteiger partial charge < -0.3 is 14.6 Å². The second kappa shape index (κ2) is 6.90. The van der Waals surface area contributed by atoms with Crippen LogP contribution in [-0.2, 0) is 17.7 Å². The zero-order chi connectivity index (χ0) is 14.5. The van der Waals surface area contributed by atoms with Crippen molar-refractivity contribution >= 4 is 17.3 Å². The third-order valence-corrected chi connectivity index (χ3v) is 4.17. The highest BCUT2D eigenvalue weighted by Crippen LogP contribution is 2.21. The van der Waals surface area contributed by atoms with E-state index in [1.165, 1.54) is 10.4 Å². The van der Waals surface area contributed by atoms with Crippen molar-refractivity contribution < 1.29 is 4.74 Å². The third-order valence-electron chi connectivity index (χ3n) is 3.22. The van der Waals surface area contributed by atoms with Gasteiger partial charge in [0.2, 0.25) is 5.95 Å². The Morgan fingerprint density at radius 2 is 2.30 bits per heavy atom. The number of aromatic nitrogens is 2. The fourth-order valence-corrected chi connectivity index (χ4v) is 3.24. The number of hydrogen-bond donors (Lipinski definition) is 1. The van der Waals surface area contributed by atoms with Crippen LogP contribution in [0, 0.1) is 6.92 Å². The largest absolute Gasteiger partial charge is 0.383 e. The fraction of sp³-hybridized carbons (Fsp3) is 0.533. The summed E-state index contributed by atoms with van der Waals surface area (Å²) < 4.78 is 7.35. The van der Waals surface area contributed by atoms with Gasteiger partial charge in [0.25, 0.3) is 0 Å². The first-order chi connectivity index (χ1) is 9.63. The summed E-state index contributed by atoms with van der Waals surface area (Å²) in [7, 11) is 1.72. The minimum Gasteiger partial charge on any atom is -0.383 e. The topological polar surface area (TPSA) is 39.1 Å². The van der Waals surface area contributed by atoms with E-state index in [9.17, 15) is 0 Å². The first kappa shape index (κ1) is 15.1. The lowest BCUT2D eigenvalue weighted by atomic mass is 10.2. The van der Waals surface area contributed by atoms with Gasteiger partial charge in [0.1, 0.15) is 0 Å². The van der Waals surface area contributed by atoms with Gasteiger partial charge in [0, 0.05) is 24.2 Å². The number of anilines is 1. The maximum Gasteiger partial charge on any atom is 0.203 e. The van der Waals surface area contributed by atoms with Crippen molar-refractivity contribution in [3.63, 3.8) is 0 Å². The van der Waals surface area contributed by atoms with Gasteiger partial charge in [-0.15, -0.1) is 11.3 Å². The van der Waals surface area contributed by atoms with Crippen LogP contribution in [0.3, 0.4) is 0 Å². The Morgan fingerprint density at radius 1 is 1.50 bits per heavy atom. The lowest BCUT2D eigenvalue weighted by Crippen LogP contribution is -2.23. The molecule has 2 aromatic rings. The molecule has 0 fully saturated rings. The average molecular weight is 293 g/mol. The summed E-state index contributed by atoms with van der Waals surface area (Å²) in [5.41, 5.74) is 2.46. The molecule has 2 aromatic heterocycles. The molecule has 0 amide bonds. The van der Waals surface area contributed by atoms with Crippen LogP contribution in [-0.4, -0.2) is 29.3 Å². The van der Waals surface area contributed by atoms with Crippen molar-refractivity contribution in [2.45, 2.75) is 39.8 Å². The van der Waals surface area contributed by atoms with Crippen molar-refractivity contribution in [1.82, 2.24) is 9.55 Å². The van der Waals surface area contributed by atoms with E-state index in [2.05, 4.69) is 46.4 Å². The zero-order valence-electron chi connectivity index (χ0n) is 12.6. The van der Waals surface area contributed by atoms with Crippen LogP contribution in [0.15, 0.2) is 17.6 Å². The smallest absolute Gasteiger partial charge is 0.203 e. The quantitative estimate of drug-likeness (QED) is 0.851. The first-order valence-electron chi connectivity index (χ1n) is 6.98. The van der Waals surface area contributed by atoms with Crippen LogP contribution in [0.1, 0.15) is 30.0 Å². The maximum absolute atomic E-state index is 5.17. The lowest BCUT2D eigenvalue weighted by molar-refractivity contribution is 0.190. The summed E-state index contributed by atoms with van der Waals surface area (Å²) in [5.74, 6) is 0.919. The molecule has 0 saturated carbocycles. The monoisotopic (exact) mass is 293 g/mol. The molecule has 1 unspecified atom stereocenters. The Kier molecular flexibility index (Phi) is 5.20. The summed E-state index contributed by atoms with van der Waals surface area (Å²) >= 11 is 1.81. The number of thiophene rings is 1. The molecule has 1 N–H and O–H groups in total. The van der Waals surface area contributed by atoms with E-state index in [0.29, 0.717) is 6.61 Å². The molecule has 1 atom stereocenters. The molecule has 5 heteroatoms. The molecule has 4 nitrogen and oxygen atoms in total. The Labute approximate surface area is 124 Å². The van der Waals surface area contributed by atoms with Gasteiger partial charge in [0.05, 0.1) is 18.8 Å². The third kappa shape index (κ3) is 3.61. The number of nitrogens with one attached hydrogen (secondary N) is 1. The summed E-state index contributed by atoms with van der Waals surface area (Å²) in [6.45, 7) is 7.87. The summed E-state index contributed by atoms with van der Waals surface area (Å²) in [4.78, 5) is 5.98. The fourth-order valence-electron chi connectivity index (χ4n) is 2.27. The highest BCUT2D eigenvalue weighted by molar-refractivity contribution is 7.10. The van der Waals surface area contributed by atoms with Gasteiger partial charge in [-0.05, 0) is 37.3 Å². The predicted molar refractivity (Wildman–Crippen MR) is 84.7 cm³/mol. The van der Waals surface area contributed by atoms with Crippen LogP contribution in [0.5, 0.6) is 0 Å². The molecule has 0 aromatic carbocycles. The van der Waals surface area contributed by atoms with Gasteiger partial charge in [-0.2, -0.15) is 0 Å². The molecule has 0 aliphatic rings. The summed E-state index contributed by atoms with van der Waals surface area (Å²) in [5, 5.41) is 5.58. The van der Waals surface area contributed by atoms with E-state index < -0.39 is 0 Å². The van der Waals surface area contributed by atoms with E-state index >= 15 is 0 Å². The highest BCUT2D eigenvalue weighted by Gasteiger charge is 2.11. The second-order valence-electron chi connectivity index (χ2n) is 5.06. The number of aryl methyl sites for hydroxylation is 2. The standard InChI is InChI=1S/C15H23N3OS/c1-5-13-6-7-20-14(13)9-18-8-11(2)16-15(18)17-12(3)10-19-4/h6-8,12H,5,9-10H2,1-4H3,(H,16,17). The lowest BCUT2D eigenvalue weighted by Gasteiger charge is -2.15. The molecule has 2 rings (SSSR count). The summed E-state index contributed by atoms with van der Waals surface area (Å²) in [6, 6.07) is 2.46. The van der Waals surface area contributed by atoms with Crippen LogP contribution in [0.4, 0.5) is 5.95 Å². The molecule has 0 bridgehead atoms. The van der Waals surface area contributed by atoms with Crippen LogP contribution in [0.2, 0.25) is 0 Å². The molecule has 0 spiro atoms. The second-order valence-corrected chi connectivity index (χ2v) is 6.06. The van der Waals surface area contributed by atoms with Crippen LogP contribution >= 0.6 is 11.3 Å². The Hall–Kier alpha value is -1.33. The molecule has 20 heavy (non-hydrogen) atoms. The average Bonchev–Trinajstić information content (AvgIpc) is 2.97. The Balaban J connectivity index is 2.15. The highest BCUT2D eigenvalue weighted by atomic mass is 32.1. The van der Waals surface area contributed by atoms with E-state index in [1.54, 1.807) is 7.11 Å². The van der Waals surface area contributed by atoms with Crippen molar-refractivity contribution in [3.8, 4) is 0 Å². The minimum absolute atomic E-state index is 0.245. The van der Waals surface area contributed by atoms with Gasteiger partial charge in [-0.3, -0.25) is 0 Å². The van der Waals surface area contributed by atoms with E-state index in [4.69, 9.17) is 4.74 Å². The molecular weight excluding hydrogens is 270 g/mol. The van der Waals surface area contributed by atoms with Gasteiger partial charge >= 0.3 is 0 Å². The Morgan fingerprint density at radius 3 is 3.00 bits per heavy atom. The predicted octanol–water partition coefficient (Wildman–Crippen LogP) is 3.31. The van der Waals surface area contributed by atoms with Crippen molar-refractivity contribution in [2.75, 3.05) is 19.0 Å². The Bertz CT molecular complexity index is 547. The first-order valence-corrected chi connectivity index (χ1v) is 7.86. The molecule has 0 aliphatic carbocycles. The molecule has 0 radical (unpaired) electrons. The molecular formula is C15H23N3OS. The number of ether oxygens (including phenoxy) is 1. The van der Waals surface area contributed by atoms with Gasteiger partial charge in [-0.25, -0.2) is 4.98 Å². The molecule has 0 aliphatic heterocycles. The van der Waals surface area contributed by atoms with Gasteiger partial charge in [0.15, 0.2) is 0 Å². The molecule has 0 saturated heterocycles. The van der Waals surface area contributed by atoms with Crippen molar-refractivity contribution in [3.05, 3.63) is 33.8 Å². The summed E-state index contributed by atoms with van der Waals surface area (Å²) in [6.07, 6.45) is 3.18. The number of nitrogens with zero attached hydrogens (tertiary/aromatic N) is 2. The number of imidazole rings is 1. The normalized spacial score (nSPS) is 12.6. The molecule has 2 heterocycles. The van der Waals surface area contributed by atoms with E-state index in [1.807, 2.05) is 18.3 Å².